The average Bonchev–Trinajstić information content (AvgIpc) is 2.42. The molecule has 19 heavy (non-hydrogen) atoms. The molecule has 2 N–H and O–H groups in total. The highest BCUT2D eigenvalue weighted by atomic mass is 35.5. The molecule has 5 heteroatoms. The number of aliphatic imine (C=N–C) groups is 1. The van der Waals surface area contributed by atoms with E-state index in [2.05, 4.69) is 34.9 Å². The molecule has 3 nitrogen and oxygen atoms in total. The zero-order chi connectivity index (χ0) is 14.1. The molecule has 0 aliphatic rings. The molecule has 0 spiro atoms. The Labute approximate surface area is 125 Å². The van der Waals surface area contributed by atoms with Gasteiger partial charge in [-0.25, -0.2) is 0 Å². The lowest BCUT2D eigenvalue weighted by Gasteiger charge is -2.18. The summed E-state index contributed by atoms with van der Waals surface area (Å²) in [6, 6.07) is 8.05. The molecule has 1 atom stereocenters. The van der Waals surface area contributed by atoms with E-state index in [-0.39, 0.29) is 6.04 Å². The van der Waals surface area contributed by atoms with Gasteiger partial charge >= 0.3 is 0 Å². The fraction of sp³-hybridized carbons (Fsp3) is 0.500. The first-order valence-corrected chi connectivity index (χ1v) is 8.16. The summed E-state index contributed by atoms with van der Waals surface area (Å²) >= 11 is 7.86. The van der Waals surface area contributed by atoms with E-state index < -0.39 is 0 Å². The van der Waals surface area contributed by atoms with Crippen LogP contribution in [0.1, 0.15) is 24.9 Å². The Balaban J connectivity index is 2.47. The Morgan fingerprint density at radius 2 is 2.26 bits per heavy atom. The van der Waals surface area contributed by atoms with E-state index in [9.17, 15) is 0 Å². The molecule has 0 saturated carbocycles. The predicted molar refractivity (Wildman–Crippen MR) is 87.4 cm³/mol. The number of halogens is 1. The second-order valence-electron chi connectivity index (χ2n) is 4.27. The second kappa shape index (κ2) is 9.10. The van der Waals surface area contributed by atoms with Crippen molar-refractivity contribution in [3.63, 3.8) is 0 Å². The molecule has 0 amide bonds. The van der Waals surface area contributed by atoms with Gasteiger partial charge in [0.1, 0.15) is 0 Å². The molecule has 1 aromatic carbocycles. The minimum absolute atomic E-state index is 0.172. The summed E-state index contributed by atoms with van der Waals surface area (Å²) in [6.45, 7) is 3.03. The van der Waals surface area contributed by atoms with E-state index in [0.29, 0.717) is 0 Å². The summed E-state index contributed by atoms with van der Waals surface area (Å²) in [5.74, 6) is 1.99. The molecule has 0 fully saturated rings. The maximum atomic E-state index is 6.00. The molecule has 1 rings (SSSR count). The van der Waals surface area contributed by atoms with Crippen LogP contribution in [0.15, 0.2) is 29.3 Å². The lowest BCUT2D eigenvalue weighted by atomic mass is 10.1. The third kappa shape index (κ3) is 6.21. The number of guanidine groups is 1. The van der Waals surface area contributed by atoms with E-state index in [1.807, 2.05) is 30.0 Å². The minimum Gasteiger partial charge on any atom is -0.356 e. The number of nitrogens with one attached hydrogen (secondary N) is 2. The minimum atomic E-state index is 0.172. The molecular weight excluding hydrogens is 278 g/mol. The SMILES string of the molecule is CN=C(NCCCSC)NC(C)c1cccc(Cl)c1. The summed E-state index contributed by atoms with van der Waals surface area (Å²) in [6.07, 6.45) is 3.25. The van der Waals surface area contributed by atoms with Gasteiger partial charge in [0.05, 0.1) is 6.04 Å². The number of nitrogens with zero attached hydrogens (tertiary/aromatic N) is 1. The summed E-state index contributed by atoms with van der Waals surface area (Å²) in [5, 5.41) is 7.43. The van der Waals surface area contributed by atoms with Crippen LogP contribution >= 0.6 is 23.4 Å². The van der Waals surface area contributed by atoms with Crippen LogP contribution in [0.5, 0.6) is 0 Å². The lowest BCUT2D eigenvalue weighted by molar-refractivity contribution is 0.683. The van der Waals surface area contributed by atoms with Gasteiger partial charge in [0, 0.05) is 18.6 Å². The molecule has 0 aliphatic carbocycles. The van der Waals surface area contributed by atoms with Gasteiger partial charge in [0.15, 0.2) is 5.96 Å². The topological polar surface area (TPSA) is 36.4 Å². The van der Waals surface area contributed by atoms with Crippen LogP contribution in [-0.4, -0.2) is 31.6 Å². The van der Waals surface area contributed by atoms with E-state index >= 15 is 0 Å². The first-order chi connectivity index (χ1) is 9.17. The molecule has 0 aliphatic heterocycles. The van der Waals surface area contributed by atoms with E-state index in [1.165, 1.54) is 0 Å². The number of rotatable bonds is 6. The Bertz CT molecular complexity index is 409. The number of benzene rings is 1. The molecule has 1 aromatic rings. The van der Waals surface area contributed by atoms with Crippen molar-refractivity contribution >= 4 is 29.3 Å². The third-order valence-corrected chi connectivity index (χ3v) is 3.68. The molecule has 0 radical (unpaired) electrons. The van der Waals surface area contributed by atoms with Crippen molar-refractivity contribution in [3.8, 4) is 0 Å². The molecule has 0 bridgehead atoms. The van der Waals surface area contributed by atoms with Crippen LogP contribution in [0.2, 0.25) is 5.02 Å². The van der Waals surface area contributed by atoms with Gasteiger partial charge in [0.25, 0.3) is 0 Å². The smallest absolute Gasteiger partial charge is 0.191 e. The fourth-order valence-corrected chi connectivity index (χ4v) is 2.31. The predicted octanol–water partition coefficient (Wildman–Crippen LogP) is 3.32. The lowest BCUT2D eigenvalue weighted by Crippen LogP contribution is -2.39. The van der Waals surface area contributed by atoms with Crippen LogP contribution in [-0.2, 0) is 0 Å². The fourth-order valence-electron chi connectivity index (χ4n) is 1.68. The van der Waals surface area contributed by atoms with Gasteiger partial charge in [-0.05, 0) is 43.0 Å². The quantitative estimate of drug-likeness (QED) is 0.481. The van der Waals surface area contributed by atoms with Crippen LogP contribution < -0.4 is 10.6 Å². The van der Waals surface area contributed by atoms with Crippen molar-refractivity contribution in [1.29, 1.82) is 0 Å². The Kier molecular flexibility index (Phi) is 7.75. The highest BCUT2D eigenvalue weighted by Gasteiger charge is 2.07. The Morgan fingerprint density at radius 1 is 1.47 bits per heavy atom. The van der Waals surface area contributed by atoms with Gasteiger partial charge in [-0.3, -0.25) is 4.99 Å². The van der Waals surface area contributed by atoms with Crippen molar-refractivity contribution in [3.05, 3.63) is 34.9 Å². The standard InChI is InChI=1S/C14H22ClN3S/c1-11(12-6-4-7-13(15)10-12)18-14(16-2)17-8-5-9-19-3/h4,6-7,10-11H,5,8-9H2,1-3H3,(H2,16,17,18). The van der Waals surface area contributed by atoms with E-state index in [0.717, 1.165) is 35.3 Å². The van der Waals surface area contributed by atoms with Gasteiger partial charge < -0.3 is 10.6 Å². The summed E-state index contributed by atoms with van der Waals surface area (Å²) in [5.41, 5.74) is 1.15. The normalized spacial score (nSPS) is 13.2. The average molecular weight is 300 g/mol. The van der Waals surface area contributed by atoms with Crippen molar-refractivity contribution in [2.75, 3.05) is 25.6 Å². The molecule has 1 unspecified atom stereocenters. The first-order valence-electron chi connectivity index (χ1n) is 6.39. The van der Waals surface area contributed by atoms with Crippen LogP contribution in [0.4, 0.5) is 0 Å². The summed E-state index contributed by atoms with van der Waals surface area (Å²) in [4.78, 5) is 4.23. The second-order valence-corrected chi connectivity index (χ2v) is 5.69. The van der Waals surface area contributed by atoms with Gasteiger partial charge in [-0.15, -0.1) is 0 Å². The van der Waals surface area contributed by atoms with Crippen molar-refractivity contribution in [2.45, 2.75) is 19.4 Å². The zero-order valence-electron chi connectivity index (χ0n) is 11.7. The highest BCUT2D eigenvalue weighted by Crippen LogP contribution is 2.17. The maximum Gasteiger partial charge on any atom is 0.191 e. The monoisotopic (exact) mass is 299 g/mol. The Hall–Kier alpha value is -0.870. The molecule has 0 heterocycles. The highest BCUT2D eigenvalue weighted by molar-refractivity contribution is 7.98. The molecule has 106 valence electrons. The largest absolute Gasteiger partial charge is 0.356 e. The summed E-state index contributed by atoms with van der Waals surface area (Å²) in [7, 11) is 1.79. The number of thioether (sulfide) groups is 1. The molecular formula is C14H22ClN3S. The molecule has 0 aromatic heterocycles. The zero-order valence-corrected chi connectivity index (χ0v) is 13.3. The van der Waals surface area contributed by atoms with Crippen LogP contribution in [0.25, 0.3) is 0 Å². The van der Waals surface area contributed by atoms with Crippen molar-refractivity contribution in [1.82, 2.24) is 10.6 Å². The van der Waals surface area contributed by atoms with Gasteiger partial charge in [-0.1, -0.05) is 23.7 Å². The first kappa shape index (κ1) is 16.2. The van der Waals surface area contributed by atoms with E-state index in [1.54, 1.807) is 7.05 Å². The number of hydrogen-bond acceptors (Lipinski definition) is 2. The number of hydrogen-bond donors (Lipinski definition) is 2. The van der Waals surface area contributed by atoms with E-state index in [4.69, 9.17) is 11.6 Å². The molecule has 0 saturated heterocycles. The Morgan fingerprint density at radius 3 is 2.89 bits per heavy atom. The van der Waals surface area contributed by atoms with Gasteiger partial charge in [-0.2, -0.15) is 11.8 Å². The summed E-state index contributed by atoms with van der Waals surface area (Å²) < 4.78 is 0. The van der Waals surface area contributed by atoms with Crippen LogP contribution in [0, 0.1) is 0 Å². The maximum absolute atomic E-state index is 6.00. The van der Waals surface area contributed by atoms with Gasteiger partial charge in [0.2, 0.25) is 0 Å². The van der Waals surface area contributed by atoms with Crippen molar-refractivity contribution < 1.29 is 0 Å². The third-order valence-electron chi connectivity index (χ3n) is 2.74. The van der Waals surface area contributed by atoms with Crippen LogP contribution in [0.3, 0.4) is 0 Å². The van der Waals surface area contributed by atoms with Crippen molar-refractivity contribution in [2.24, 2.45) is 4.99 Å².